The van der Waals surface area contributed by atoms with Crippen molar-refractivity contribution in [3.63, 3.8) is 0 Å². The predicted octanol–water partition coefficient (Wildman–Crippen LogP) is 3.04. The Morgan fingerprint density at radius 1 is 1.19 bits per heavy atom. The van der Waals surface area contributed by atoms with Gasteiger partial charge in [-0.05, 0) is 36.8 Å². The SMILES string of the molecule is CN(CCCOc1ccc(S(C)(=O)=O)cc1)c1ccc([N+](=O)[O-])cc1F. The lowest BCUT2D eigenvalue weighted by Gasteiger charge is -2.19. The molecule has 0 aliphatic carbocycles. The number of hydrogen-bond acceptors (Lipinski definition) is 6. The number of benzene rings is 2. The van der Waals surface area contributed by atoms with Gasteiger partial charge < -0.3 is 9.64 Å². The quantitative estimate of drug-likeness (QED) is 0.396. The summed E-state index contributed by atoms with van der Waals surface area (Å²) in [7, 11) is -1.55. The summed E-state index contributed by atoms with van der Waals surface area (Å²) < 4.78 is 42.3. The van der Waals surface area contributed by atoms with E-state index < -0.39 is 20.6 Å². The first-order valence-electron chi connectivity index (χ1n) is 7.76. The van der Waals surface area contributed by atoms with Gasteiger partial charge in [-0.1, -0.05) is 0 Å². The lowest BCUT2D eigenvalue weighted by Crippen LogP contribution is -2.21. The van der Waals surface area contributed by atoms with Gasteiger partial charge in [-0.25, -0.2) is 12.8 Å². The summed E-state index contributed by atoms with van der Waals surface area (Å²) in [6.45, 7) is 0.841. The fraction of sp³-hybridized carbons (Fsp3) is 0.294. The van der Waals surface area contributed by atoms with Gasteiger partial charge in [0.05, 0.1) is 28.2 Å². The third-order valence-electron chi connectivity index (χ3n) is 3.71. The normalized spacial score (nSPS) is 11.2. The van der Waals surface area contributed by atoms with Crippen molar-refractivity contribution in [3.8, 4) is 5.75 Å². The van der Waals surface area contributed by atoms with Crippen molar-refractivity contribution in [2.45, 2.75) is 11.3 Å². The maximum absolute atomic E-state index is 13.9. The molecule has 140 valence electrons. The first-order chi connectivity index (χ1) is 12.2. The summed E-state index contributed by atoms with van der Waals surface area (Å²) in [5.41, 5.74) is -0.0198. The Bertz CT molecular complexity index is 885. The Morgan fingerprint density at radius 2 is 1.85 bits per heavy atom. The molecule has 0 bridgehead atoms. The Balaban J connectivity index is 1.85. The molecule has 0 heterocycles. The van der Waals surface area contributed by atoms with Crippen LogP contribution in [0.1, 0.15) is 6.42 Å². The summed E-state index contributed by atoms with van der Waals surface area (Å²) in [5.74, 6) is -0.111. The minimum absolute atomic E-state index is 0.221. The molecule has 0 aromatic heterocycles. The van der Waals surface area contributed by atoms with E-state index in [4.69, 9.17) is 4.74 Å². The number of hydrogen-bond donors (Lipinski definition) is 0. The lowest BCUT2D eigenvalue weighted by atomic mass is 10.2. The van der Waals surface area contributed by atoms with E-state index in [1.54, 1.807) is 24.1 Å². The van der Waals surface area contributed by atoms with Crippen LogP contribution in [-0.4, -0.2) is 39.8 Å². The molecule has 0 amide bonds. The Kier molecular flexibility index (Phi) is 6.14. The highest BCUT2D eigenvalue weighted by Gasteiger charge is 2.13. The Morgan fingerprint density at radius 3 is 2.38 bits per heavy atom. The average molecular weight is 382 g/mol. The zero-order chi connectivity index (χ0) is 19.3. The number of nitrogens with zero attached hydrogens (tertiary/aromatic N) is 2. The lowest BCUT2D eigenvalue weighted by molar-refractivity contribution is -0.385. The number of nitro benzene ring substituents is 1. The second-order valence-electron chi connectivity index (χ2n) is 5.76. The number of sulfone groups is 1. The van der Waals surface area contributed by atoms with Gasteiger partial charge in [0.2, 0.25) is 0 Å². The van der Waals surface area contributed by atoms with Crippen molar-refractivity contribution in [3.05, 3.63) is 58.4 Å². The summed E-state index contributed by atoms with van der Waals surface area (Å²) in [6, 6.07) is 9.64. The largest absolute Gasteiger partial charge is 0.494 e. The number of nitro groups is 1. The Labute approximate surface area is 151 Å². The first-order valence-corrected chi connectivity index (χ1v) is 9.65. The fourth-order valence-electron chi connectivity index (χ4n) is 2.31. The van der Waals surface area contributed by atoms with Gasteiger partial charge in [0, 0.05) is 25.9 Å². The van der Waals surface area contributed by atoms with E-state index in [-0.39, 0.29) is 16.3 Å². The zero-order valence-corrected chi connectivity index (χ0v) is 15.2. The van der Waals surface area contributed by atoms with Crippen LogP contribution in [0.2, 0.25) is 0 Å². The number of ether oxygens (including phenoxy) is 1. The molecule has 0 spiro atoms. The van der Waals surface area contributed by atoms with Gasteiger partial charge in [0.25, 0.3) is 5.69 Å². The highest BCUT2D eigenvalue weighted by Crippen LogP contribution is 2.23. The molecule has 0 saturated heterocycles. The second kappa shape index (κ2) is 8.13. The van der Waals surface area contributed by atoms with Gasteiger partial charge in [0.15, 0.2) is 15.7 Å². The van der Waals surface area contributed by atoms with Crippen LogP contribution in [0.5, 0.6) is 5.75 Å². The highest BCUT2D eigenvalue weighted by molar-refractivity contribution is 7.90. The fourth-order valence-corrected chi connectivity index (χ4v) is 2.94. The molecular weight excluding hydrogens is 363 g/mol. The molecule has 7 nitrogen and oxygen atoms in total. The summed E-state index contributed by atoms with van der Waals surface area (Å²) in [5, 5.41) is 10.6. The molecule has 0 aliphatic heterocycles. The van der Waals surface area contributed by atoms with Gasteiger partial charge in [0.1, 0.15) is 5.75 Å². The van der Waals surface area contributed by atoms with Crippen molar-refractivity contribution >= 4 is 21.2 Å². The van der Waals surface area contributed by atoms with E-state index in [2.05, 4.69) is 0 Å². The van der Waals surface area contributed by atoms with Gasteiger partial charge in [-0.3, -0.25) is 10.1 Å². The van der Waals surface area contributed by atoms with Crippen LogP contribution in [0.3, 0.4) is 0 Å². The number of rotatable bonds is 8. The molecule has 26 heavy (non-hydrogen) atoms. The van der Waals surface area contributed by atoms with Crippen LogP contribution < -0.4 is 9.64 Å². The van der Waals surface area contributed by atoms with E-state index >= 15 is 0 Å². The van der Waals surface area contributed by atoms with Crippen LogP contribution in [0.25, 0.3) is 0 Å². The summed E-state index contributed by atoms with van der Waals surface area (Å²) in [6.07, 6.45) is 1.72. The molecule has 0 unspecified atom stereocenters. The maximum atomic E-state index is 13.9. The van der Waals surface area contributed by atoms with E-state index in [1.165, 1.54) is 24.3 Å². The van der Waals surface area contributed by atoms with Crippen molar-refractivity contribution in [1.29, 1.82) is 0 Å². The van der Waals surface area contributed by atoms with Crippen LogP contribution in [0, 0.1) is 15.9 Å². The van der Waals surface area contributed by atoms with Gasteiger partial charge >= 0.3 is 0 Å². The minimum atomic E-state index is -3.24. The number of non-ortho nitro benzene ring substituents is 1. The smallest absolute Gasteiger partial charge is 0.272 e. The molecule has 0 saturated carbocycles. The first kappa shape index (κ1) is 19.6. The molecule has 9 heteroatoms. The molecule has 2 aromatic rings. The highest BCUT2D eigenvalue weighted by atomic mass is 32.2. The molecule has 0 N–H and O–H groups in total. The van der Waals surface area contributed by atoms with Crippen molar-refractivity contribution < 1.29 is 22.5 Å². The molecule has 2 rings (SSSR count). The van der Waals surface area contributed by atoms with Crippen LogP contribution in [0.4, 0.5) is 15.8 Å². The van der Waals surface area contributed by atoms with Gasteiger partial charge in [-0.15, -0.1) is 0 Å². The topological polar surface area (TPSA) is 89.8 Å². The summed E-state index contributed by atoms with van der Waals surface area (Å²) in [4.78, 5) is 11.9. The third kappa shape index (κ3) is 5.16. The van der Waals surface area contributed by atoms with E-state index in [1.807, 2.05) is 0 Å². The number of halogens is 1. The molecular formula is C17H19FN2O5S. The second-order valence-corrected chi connectivity index (χ2v) is 7.78. The maximum Gasteiger partial charge on any atom is 0.272 e. The molecule has 0 atom stereocenters. The van der Waals surface area contributed by atoms with E-state index in [9.17, 15) is 22.9 Å². The molecule has 2 aromatic carbocycles. The van der Waals surface area contributed by atoms with E-state index in [0.29, 0.717) is 25.3 Å². The minimum Gasteiger partial charge on any atom is -0.494 e. The zero-order valence-electron chi connectivity index (χ0n) is 14.4. The van der Waals surface area contributed by atoms with Crippen LogP contribution >= 0.6 is 0 Å². The number of anilines is 1. The van der Waals surface area contributed by atoms with Gasteiger partial charge in [-0.2, -0.15) is 0 Å². The van der Waals surface area contributed by atoms with Crippen molar-refractivity contribution in [2.24, 2.45) is 0 Å². The summed E-state index contributed by atoms with van der Waals surface area (Å²) >= 11 is 0. The molecule has 0 aliphatic rings. The molecule has 0 fully saturated rings. The third-order valence-corrected chi connectivity index (χ3v) is 4.84. The standard InChI is InChI=1S/C17H19FN2O5S/c1-19(17-9-4-13(20(21)22)12-16(17)18)10-3-11-25-14-5-7-15(8-6-14)26(2,23)24/h4-9,12H,3,10-11H2,1-2H3. The van der Waals surface area contributed by atoms with Crippen LogP contribution in [0.15, 0.2) is 47.4 Å². The monoisotopic (exact) mass is 382 g/mol. The Hall–Kier alpha value is -2.68. The average Bonchev–Trinajstić information content (AvgIpc) is 2.58. The van der Waals surface area contributed by atoms with Crippen LogP contribution in [-0.2, 0) is 9.84 Å². The van der Waals surface area contributed by atoms with Crippen molar-refractivity contribution in [1.82, 2.24) is 0 Å². The molecule has 0 radical (unpaired) electrons. The van der Waals surface area contributed by atoms with Crippen molar-refractivity contribution in [2.75, 3.05) is 31.4 Å². The predicted molar refractivity (Wildman–Crippen MR) is 96.0 cm³/mol. The van der Waals surface area contributed by atoms with E-state index in [0.717, 1.165) is 12.3 Å².